The number of amides is 1. The summed E-state index contributed by atoms with van der Waals surface area (Å²) in [5.74, 6) is 2.38. The fourth-order valence-corrected chi connectivity index (χ4v) is 2.68. The number of halogens is 1. The maximum absolute atomic E-state index is 11.3. The van der Waals surface area contributed by atoms with Crippen LogP contribution in [0.3, 0.4) is 0 Å². The Bertz CT molecular complexity index is 580. The molecule has 6 nitrogen and oxygen atoms in total. The van der Waals surface area contributed by atoms with Gasteiger partial charge in [0.05, 0.1) is 6.61 Å². The number of benzene rings is 1. The number of ether oxygens (including phenoxy) is 1. The summed E-state index contributed by atoms with van der Waals surface area (Å²) in [5, 5.41) is 9.56. The van der Waals surface area contributed by atoms with Crippen molar-refractivity contribution in [3.63, 3.8) is 0 Å². The molecular formula is C20H33IN4O2. The zero-order chi connectivity index (χ0) is 18.8. The van der Waals surface area contributed by atoms with E-state index in [2.05, 4.69) is 53.8 Å². The lowest BCUT2D eigenvalue weighted by molar-refractivity contribution is -0.122. The Labute approximate surface area is 179 Å². The van der Waals surface area contributed by atoms with Crippen molar-refractivity contribution >= 4 is 35.8 Å². The first-order valence-electron chi connectivity index (χ1n) is 9.60. The van der Waals surface area contributed by atoms with Crippen LogP contribution in [0.2, 0.25) is 0 Å². The minimum Gasteiger partial charge on any atom is -0.493 e. The molecule has 2 rings (SSSR count). The van der Waals surface area contributed by atoms with Gasteiger partial charge in [-0.1, -0.05) is 26.0 Å². The number of guanidine groups is 1. The average molecular weight is 488 g/mol. The van der Waals surface area contributed by atoms with E-state index < -0.39 is 0 Å². The summed E-state index contributed by atoms with van der Waals surface area (Å²) in [4.78, 5) is 15.9. The van der Waals surface area contributed by atoms with Gasteiger partial charge in [0, 0.05) is 32.1 Å². The summed E-state index contributed by atoms with van der Waals surface area (Å²) in [6.07, 6.45) is 2.29. The smallest absolute Gasteiger partial charge is 0.220 e. The van der Waals surface area contributed by atoms with E-state index in [1.54, 1.807) is 0 Å². The highest BCUT2D eigenvalue weighted by Crippen LogP contribution is 2.13. The van der Waals surface area contributed by atoms with Gasteiger partial charge in [-0.3, -0.25) is 9.79 Å². The molecule has 0 saturated carbocycles. The van der Waals surface area contributed by atoms with Crippen molar-refractivity contribution in [1.82, 2.24) is 16.0 Å². The minimum absolute atomic E-state index is 0. The lowest BCUT2D eigenvalue weighted by atomic mass is 10.1. The van der Waals surface area contributed by atoms with Gasteiger partial charge in [-0.15, -0.1) is 24.0 Å². The number of carbonyl (C=O) groups is 1. The quantitative estimate of drug-likeness (QED) is 0.299. The van der Waals surface area contributed by atoms with Crippen molar-refractivity contribution in [3.8, 4) is 5.75 Å². The summed E-state index contributed by atoms with van der Waals surface area (Å²) in [7, 11) is 0. The monoisotopic (exact) mass is 488 g/mol. The van der Waals surface area contributed by atoms with Gasteiger partial charge in [0.2, 0.25) is 5.91 Å². The first-order chi connectivity index (χ1) is 12.6. The van der Waals surface area contributed by atoms with E-state index >= 15 is 0 Å². The maximum atomic E-state index is 11.3. The second kappa shape index (κ2) is 12.8. The van der Waals surface area contributed by atoms with Crippen molar-refractivity contribution in [1.29, 1.82) is 0 Å². The highest BCUT2D eigenvalue weighted by atomic mass is 127. The largest absolute Gasteiger partial charge is 0.493 e. The summed E-state index contributed by atoms with van der Waals surface area (Å²) >= 11 is 0. The molecule has 1 fully saturated rings. The standard InChI is InChI=1S/C20H32N4O2.HI/c1-4-21-20(24-17-7-10-19(25)23-13-17)22-12-11-16-5-8-18(9-6-16)26-14-15(2)3;/h5-6,8-9,15,17H,4,7,10-14H2,1-3H3,(H,23,25)(H2,21,22,24);1H. The van der Waals surface area contributed by atoms with E-state index in [4.69, 9.17) is 4.74 Å². The number of aliphatic imine (C=N–C) groups is 1. The summed E-state index contributed by atoms with van der Waals surface area (Å²) < 4.78 is 5.71. The highest BCUT2D eigenvalue weighted by Gasteiger charge is 2.18. The van der Waals surface area contributed by atoms with E-state index in [1.165, 1.54) is 5.56 Å². The van der Waals surface area contributed by atoms with E-state index in [-0.39, 0.29) is 35.9 Å². The van der Waals surface area contributed by atoms with E-state index in [0.29, 0.717) is 25.4 Å². The molecule has 1 unspecified atom stereocenters. The lowest BCUT2D eigenvalue weighted by Gasteiger charge is -2.25. The highest BCUT2D eigenvalue weighted by molar-refractivity contribution is 14.0. The van der Waals surface area contributed by atoms with Gasteiger partial charge < -0.3 is 20.7 Å². The third-order valence-electron chi connectivity index (χ3n) is 4.13. The van der Waals surface area contributed by atoms with Crippen LogP contribution in [0.15, 0.2) is 29.3 Å². The molecule has 0 aromatic heterocycles. The number of nitrogens with one attached hydrogen (secondary N) is 3. The van der Waals surface area contributed by atoms with Gasteiger partial charge in [-0.2, -0.15) is 0 Å². The molecule has 1 aromatic carbocycles. The molecule has 7 heteroatoms. The Kier molecular flexibility index (Phi) is 11.2. The van der Waals surface area contributed by atoms with Gasteiger partial charge in [0.25, 0.3) is 0 Å². The average Bonchev–Trinajstić information content (AvgIpc) is 2.63. The molecule has 3 N–H and O–H groups in total. The van der Waals surface area contributed by atoms with Crippen LogP contribution in [0.1, 0.15) is 39.2 Å². The minimum atomic E-state index is 0. The fourth-order valence-electron chi connectivity index (χ4n) is 2.68. The van der Waals surface area contributed by atoms with Crippen molar-refractivity contribution in [3.05, 3.63) is 29.8 Å². The van der Waals surface area contributed by atoms with Crippen LogP contribution in [0.25, 0.3) is 0 Å². The molecule has 1 aromatic rings. The third kappa shape index (κ3) is 9.30. The summed E-state index contributed by atoms with van der Waals surface area (Å²) in [6.45, 7) is 9.25. The Morgan fingerprint density at radius 2 is 2.07 bits per heavy atom. The molecule has 1 saturated heterocycles. The Morgan fingerprint density at radius 1 is 1.33 bits per heavy atom. The normalized spacial score (nSPS) is 17.1. The SMILES string of the molecule is CCNC(=NCCc1ccc(OCC(C)C)cc1)NC1CCC(=O)NC1.I. The van der Waals surface area contributed by atoms with Crippen molar-refractivity contribution < 1.29 is 9.53 Å². The molecule has 1 aliphatic heterocycles. The van der Waals surface area contributed by atoms with Crippen molar-refractivity contribution in [2.45, 2.75) is 46.1 Å². The van der Waals surface area contributed by atoms with Crippen LogP contribution in [0.5, 0.6) is 5.75 Å². The second-order valence-corrected chi connectivity index (χ2v) is 7.04. The molecule has 0 radical (unpaired) electrons. The van der Waals surface area contributed by atoms with Crippen LogP contribution >= 0.6 is 24.0 Å². The van der Waals surface area contributed by atoms with E-state index in [9.17, 15) is 4.79 Å². The van der Waals surface area contributed by atoms with E-state index in [0.717, 1.165) is 37.7 Å². The topological polar surface area (TPSA) is 74.8 Å². The second-order valence-electron chi connectivity index (χ2n) is 7.04. The van der Waals surface area contributed by atoms with Crippen LogP contribution in [0.4, 0.5) is 0 Å². The van der Waals surface area contributed by atoms with Gasteiger partial charge >= 0.3 is 0 Å². The lowest BCUT2D eigenvalue weighted by Crippen LogP contribution is -2.51. The molecule has 1 atom stereocenters. The predicted octanol–water partition coefficient (Wildman–Crippen LogP) is 2.72. The molecule has 0 spiro atoms. The zero-order valence-corrected chi connectivity index (χ0v) is 18.9. The van der Waals surface area contributed by atoms with Gasteiger partial charge in [-0.25, -0.2) is 0 Å². The fraction of sp³-hybridized carbons (Fsp3) is 0.600. The molecule has 1 amide bonds. The van der Waals surface area contributed by atoms with Gasteiger partial charge in [0.15, 0.2) is 5.96 Å². The number of hydrogen-bond donors (Lipinski definition) is 3. The summed E-state index contributed by atoms with van der Waals surface area (Å²) in [5.41, 5.74) is 1.24. The molecule has 0 aliphatic carbocycles. The van der Waals surface area contributed by atoms with E-state index in [1.807, 2.05) is 12.1 Å². The zero-order valence-electron chi connectivity index (χ0n) is 16.6. The first-order valence-corrected chi connectivity index (χ1v) is 9.60. The molecule has 27 heavy (non-hydrogen) atoms. The van der Waals surface area contributed by atoms with Crippen LogP contribution in [-0.4, -0.2) is 44.1 Å². The van der Waals surface area contributed by atoms with Crippen LogP contribution in [-0.2, 0) is 11.2 Å². The number of hydrogen-bond acceptors (Lipinski definition) is 3. The Morgan fingerprint density at radius 3 is 2.67 bits per heavy atom. The predicted molar refractivity (Wildman–Crippen MR) is 121 cm³/mol. The maximum Gasteiger partial charge on any atom is 0.220 e. The third-order valence-corrected chi connectivity index (χ3v) is 4.13. The molecule has 1 heterocycles. The number of carbonyl (C=O) groups excluding carboxylic acids is 1. The first kappa shape index (κ1) is 23.5. The van der Waals surface area contributed by atoms with Crippen molar-refractivity contribution in [2.24, 2.45) is 10.9 Å². The van der Waals surface area contributed by atoms with Crippen molar-refractivity contribution in [2.75, 3.05) is 26.2 Å². The molecule has 0 bridgehead atoms. The molecular weight excluding hydrogens is 455 g/mol. The molecule has 1 aliphatic rings. The Balaban J connectivity index is 0.00000364. The number of rotatable bonds is 8. The Hall–Kier alpha value is -1.51. The summed E-state index contributed by atoms with van der Waals surface area (Å²) in [6, 6.07) is 8.48. The van der Waals surface area contributed by atoms with Gasteiger partial charge in [0.1, 0.15) is 5.75 Å². The van der Waals surface area contributed by atoms with Gasteiger partial charge in [-0.05, 0) is 43.4 Å². The number of nitrogens with zero attached hydrogens (tertiary/aromatic N) is 1. The molecule has 152 valence electrons. The van der Waals surface area contributed by atoms with Crippen LogP contribution in [0, 0.1) is 5.92 Å². The van der Waals surface area contributed by atoms with Crippen LogP contribution < -0.4 is 20.7 Å². The number of piperidine rings is 1.